The van der Waals surface area contributed by atoms with E-state index in [1.807, 2.05) is 0 Å². The van der Waals surface area contributed by atoms with Gasteiger partial charge in [-0.3, -0.25) is 0 Å². The van der Waals surface area contributed by atoms with Crippen molar-refractivity contribution in [3.05, 3.63) is 59.9 Å². The van der Waals surface area contributed by atoms with Gasteiger partial charge in [0.05, 0.1) is 0 Å². The van der Waals surface area contributed by atoms with Crippen LogP contribution in [0.3, 0.4) is 0 Å². The Bertz CT molecular complexity index is 469. The Morgan fingerprint density at radius 1 is 0.941 bits per heavy atom. The summed E-state index contributed by atoms with van der Waals surface area (Å²) >= 11 is 0. The van der Waals surface area contributed by atoms with E-state index in [0.29, 0.717) is 0 Å². The highest BCUT2D eigenvalue weighted by Crippen LogP contribution is 2.07. The van der Waals surface area contributed by atoms with E-state index in [1.165, 1.54) is 16.8 Å². The second-order valence-electron chi connectivity index (χ2n) is 4.61. The molecule has 1 aromatic carbocycles. The zero-order valence-electron chi connectivity index (χ0n) is 10.7. The average molecular weight is 227 g/mol. The molecule has 0 N–H and O–H groups in total. The third-order valence-electron chi connectivity index (χ3n) is 2.88. The fourth-order valence-corrected chi connectivity index (χ4v) is 1.76. The van der Waals surface area contributed by atoms with E-state index in [4.69, 9.17) is 0 Å². The number of pyridine rings is 1. The lowest BCUT2D eigenvalue weighted by atomic mass is 10.1. The predicted octanol–water partition coefficient (Wildman–Crippen LogP) is 2.40. The van der Waals surface area contributed by atoms with Crippen molar-refractivity contribution < 1.29 is 4.57 Å². The molecule has 17 heavy (non-hydrogen) atoms. The van der Waals surface area contributed by atoms with Gasteiger partial charge in [-0.1, -0.05) is 29.8 Å². The number of hydrogen-bond acceptors (Lipinski definition) is 1. The largest absolute Gasteiger partial charge is 0.377 e. The van der Waals surface area contributed by atoms with Crippen LogP contribution in [0, 0.1) is 6.92 Å². The van der Waals surface area contributed by atoms with Crippen molar-refractivity contribution >= 4 is 5.69 Å². The third-order valence-corrected chi connectivity index (χ3v) is 2.88. The van der Waals surface area contributed by atoms with Crippen molar-refractivity contribution in [1.82, 2.24) is 0 Å². The van der Waals surface area contributed by atoms with Crippen LogP contribution in [0.5, 0.6) is 0 Å². The van der Waals surface area contributed by atoms with Gasteiger partial charge < -0.3 is 4.90 Å². The molecule has 0 radical (unpaired) electrons. The zero-order valence-corrected chi connectivity index (χ0v) is 10.7. The Kier molecular flexibility index (Phi) is 3.43. The van der Waals surface area contributed by atoms with Crippen LogP contribution in [0.2, 0.25) is 0 Å². The first kappa shape index (κ1) is 11.6. The van der Waals surface area contributed by atoms with Crippen molar-refractivity contribution in [3.63, 3.8) is 0 Å². The minimum atomic E-state index is 0.925. The predicted molar refractivity (Wildman–Crippen MR) is 71.2 cm³/mol. The molecule has 0 spiro atoms. The number of anilines is 1. The molecule has 0 aliphatic carbocycles. The Labute approximate surface area is 103 Å². The van der Waals surface area contributed by atoms with Gasteiger partial charge in [0.15, 0.2) is 18.9 Å². The lowest BCUT2D eigenvalue weighted by Gasteiger charge is -2.10. The quantitative estimate of drug-likeness (QED) is 0.730. The highest BCUT2D eigenvalue weighted by atomic mass is 15.1. The minimum absolute atomic E-state index is 0.925. The standard InChI is InChI=1S/C15H19N2/c1-13-4-6-14(7-5-13)12-17-10-8-15(9-11-17)16(2)3/h4-11H,12H2,1-3H3/q+1. The topological polar surface area (TPSA) is 7.12 Å². The number of nitrogens with zero attached hydrogens (tertiary/aromatic N) is 2. The van der Waals surface area contributed by atoms with Crippen LogP contribution >= 0.6 is 0 Å². The number of benzene rings is 1. The van der Waals surface area contributed by atoms with E-state index < -0.39 is 0 Å². The zero-order chi connectivity index (χ0) is 12.3. The van der Waals surface area contributed by atoms with E-state index in [2.05, 4.69) is 79.3 Å². The summed E-state index contributed by atoms with van der Waals surface area (Å²) in [7, 11) is 4.11. The van der Waals surface area contributed by atoms with Crippen LogP contribution in [-0.4, -0.2) is 14.1 Å². The summed E-state index contributed by atoms with van der Waals surface area (Å²) in [6.45, 7) is 3.04. The molecule has 2 heteroatoms. The van der Waals surface area contributed by atoms with Crippen LogP contribution < -0.4 is 9.47 Å². The highest BCUT2D eigenvalue weighted by Gasteiger charge is 2.03. The second kappa shape index (κ2) is 5.00. The molecule has 0 saturated carbocycles. The van der Waals surface area contributed by atoms with Crippen molar-refractivity contribution in [2.24, 2.45) is 0 Å². The van der Waals surface area contributed by atoms with Gasteiger partial charge in [-0.25, -0.2) is 4.57 Å². The first-order valence-electron chi connectivity index (χ1n) is 5.87. The SMILES string of the molecule is Cc1ccc(C[n+]2ccc(N(C)C)cc2)cc1. The Morgan fingerprint density at radius 3 is 2.06 bits per heavy atom. The van der Waals surface area contributed by atoms with Gasteiger partial charge >= 0.3 is 0 Å². The van der Waals surface area contributed by atoms with E-state index >= 15 is 0 Å². The van der Waals surface area contributed by atoms with Crippen LogP contribution in [0.4, 0.5) is 5.69 Å². The van der Waals surface area contributed by atoms with Crippen molar-refractivity contribution in [2.75, 3.05) is 19.0 Å². The van der Waals surface area contributed by atoms with Gasteiger partial charge in [0.2, 0.25) is 0 Å². The molecule has 1 heterocycles. The van der Waals surface area contributed by atoms with E-state index in [0.717, 1.165) is 6.54 Å². The molecular formula is C15H19N2+. The van der Waals surface area contributed by atoms with Crippen LogP contribution in [0.1, 0.15) is 11.1 Å². The second-order valence-corrected chi connectivity index (χ2v) is 4.61. The fourth-order valence-electron chi connectivity index (χ4n) is 1.76. The first-order chi connectivity index (χ1) is 8.15. The Morgan fingerprint density at radius 2 is 1.53 bits per heavy atom. The van der Waals surface area contributed by atoms with Gasteiger partial charge in [0.1, 0.15) is 0 Å². The van der Waals surface area contributed by atoms with Crippen LogP contribution in [0.25, 0.3) is 0 Å². The molecule has 0 amide bonds. The van der Waals surface area contributed by atoms with Crippen molar-refractivity contribution in [2.45, 2.75) is 13.5 Å². The molecule has 0 saturated heterocycles. The lowest BCUT2D eigenvalue weighted by molar-refractivity contribution is -0.688. The number of aromatic nitrogens is 1. The summed E-state index contributed by atoms with van der Waals surface area (Å²) in [5, 5.41) is 0. The van der Waals surface area contributed by atoms with Crippen LogP contribution in [0.15, 0.2) is 48.8 Å². The first-order valence-corrected chi connectivity index (χ1v) is 5.87. The van der Waals surface area contributed by atoms with E-state index in [1.54, 1.807) is 0 Å². The summed E-state index contributed by atoms with van der Waals surface area (Å²) in [6.07, 6.45) is 4.24. The molecule has 0 aliphatic rings. The summed E-state index contributed by atoms with van der Waals surface area (Å²) < 4.78 is 2.19. The molecule has 0 unspecified atom stereocenters. The number of rotatable bonds is 3. The number of hydrogen-bond donors (Lipinski definition) is 0. The number of aryl methyl sites for hydroxylation is 1. The van der Waals surface area contributed by atoms with Gasteiger partial charge in [0.25, 0.3) is 0 Å². The molecular weight excluding hydrogens is 208 g/mol. The lowest BCUT2D eigenvalue weighted by Crippen LogP contribution is -2.33. The van der Waals surface area contributed by atoms with E-state index in [9.17, 15) is 0 Å². The van der Waals surface area contributed by atoms with Gasteiger partial charge in [-0.15, -0.1) is 0 Å². The maximum atomic E-state index is 2.19. The van der Waals surface area contributed by atoms with Gasteiger partial charge in [-0.2, -0.15) is 0 Å². The summed E-state index contributed by atoms with van der Waals surface area (Å²) in [5.41, 5.74) is 3.87. The molecule has 2 nitrogen and oxygen atoms in total. The summed E-state index contributed by atoms with van der Waals surface area (Å²) in [6, 6.07) is 12.9. The maximum absolute atomic E-state index is 2.19. The molecule has 2 aromatic rings. The average Bonchev–Trinajstić information content (AvgIpc) is 2.33. The Balaban J connectivity index is 2.11. The molecule has 2 rings (SSSR count). The molecule has 0 atom stereocenters. The van der Waals surface area contributed by atoms with Crippen molar-refractivity contribution in [3.8, 4) is 0 Å². The molecule has 0 bridgehead atoms. The summed E-state index contributed by atoms with van der Waals surface area (Å²) in [5.74, 6) is 0. The summed E-state index contributed by atoms with van der Waals surface area (Å²) in [4.78, 5) is 2.11. The monoisotopic (exact) mass is 227 g/mol. The molecule has 88 valence electrons. The molecule has 0 fully saturated rings. The highest BCUT2D eigenvalue weighted by molar-refractivity contribution is 5.41. The van der Waals surface area contributed by atoms with Gasteiger partial charge in [0, 0.05) is 37.5 Å². The Hall–Kier alpha value is -1.83. The van der Waals surface area contributed by atoms with E-state index in [-0.39, 0.29) is 0 Å². The maximum Gasteiger partial charge on any atom is 0.173 e. The minimum Gasteiger partial charge on any atom is -0.377 e. The smallest absolute Gasteiger partial charge is 0.173 e. The fraction of sp³-hybridized carbons (Fsp3) is 0.267. The molecule has 1 aromatic heterocycles. The van der Waals surface area contributed by atoms with Crippen LogP contribution in [-0.2, 0) is 6.54 Å². The molecule has 0 aliphatic heterocycles. The van der Waals surface area contributed by atoms with Crippen molar-refractivity contribution in [1.29, 1.82) is 0 Å². The van der Waals surface area contributed by atoms with Gasteiger partial charge in [-0.05, 0) is 6.92 Å². The third kappa shape index (κ3) is 3.06. The normalized spacial score (nSPS) is 10.3.